The van der Waals surface area contributed by atoms with Gasteiger partial charge in [0, 0.05) is 12.7 Å². The van der Waals surface area contributed by atoms with Crippen LogP contribution < -0.4 is 11.1 Å². The maximum Gasteiger partial charge on any atom is 0.149 e. The molecule has 3 N–H and O–H groups in total. The minimum Gasteiger partial charge on any atom is -0.396 e. The molecular weight excluding hydrogens is 174 g/mol. The molecule has 76 valence electrons. The molecule has 3 heteroatoms. The normalized spacial score (nSPS) is 9.64. The fourth-order valence-electron chi connectivity index (χ4n) is 1.09. The molecule has 1 aromatic rings. The lowest BCUT2D eigenvalue weighted by Crippen LogP contribution is -2.04. The van der Waals surface area contributed by atoms with E-state index >= 15 is 0 Å². The van der Waals surface area contributed by atoms with E-state index in [0.717, 1.165) is 17.9 Å². The molecule has 0 saturated carbocycles. The third kappa shape index (κ3) is 3.09. The lowest BCUT2D eigenvalue weighted by molar-refractivity contribution is 1.19. The van der Waals surface area contributed by atoms with Crippen LogP contribution in [0.25, 0.3) is 0 Å². The lowest BCUT2D eigenvalue weighted by atomic mass is 10.3. The monoisotopic (exact) mass is 191 g/mol. The zero-order valence-electron chi connectivity index (χ0n) is 8.96. The first kappa shape index (κ1) is 10.6. The Kier molecular flexibility index (Phi) is 3.51. The summed E-state index contributed by atoms with van der Waals surface area (Å²) in [5, 5.41) is 3.16. The Labute approximate surface area is 85.0 Å². The van der Waals surface area contributed by atoms with E-state index in [1.807, 2.05) is 13.0 Å². The number of hydrogen-bond donors (Lipinski definition) is 2. The van der Waals surface area contributed by atoms with Gasteiger partial charge in [-0.1, -0.05) is 11.6 Å². The molecule has 14 heavy (non-hydrogen) atoms. The number of anilines is 2. The average Bonchev–Trinajstić information content (AvgIpc) is 2.08. The van der Waals surface area contributed by atoms with Crippen molar-refractivity contribution in [3.8, 4) is 0 Å². The maximum atomic E-state index is 5.79. The summed E-state index contributed by atoms with van der Waals surface area (Å²) in [6.07, 6.45) is 3.90. The van der Waals surface area contributed by atoms with E-state index in [9.17, 15) is 0 Å². The third-order valence-corrected chi connectivity index (χ3v) is 1.83. The van der Waals surface area contributed by atoms with Gasteiger partial charge in [0.2, 0.25) is 0 Å². The van der Waals surface area contributed by atoms with Crippen LogP contribution in [0.1, 0.15) is 19.4 Å². The molecule has 1 rings (SSSR count). The van der Waals surface area contributed by atoms with Crippen LogP contribution in [0.3, 0.4) is 0 Å². The summed E-state index contributed by atoms with van der Waals surface area (Å²) >= 11 is 0. The number of nitrogen functional groups attached to an aromatic ring is 1. The number of nitrogens with zero attached hydrogens (tertiary/aromatic N) is 1. The summed E-state index contributed by atoms with van der Waals surface area (Å²) in [7, 11) is 0. The van der Waals surface area contributed by atoms with Gasteiger partial charge < -0.3 is 11.1 Å². The van der Waals surface area contributed by atoms with E-state index in [2.05, 4.69) is 30.2 Å². The highest BCUT2D eigenvalue weighted by molar-refractivity contribution is 5.61. The first-order valence-electron chi connectivity index (χ1n) is 4.69. The van der Waals surface area contributed by atoms with Gasteiger partial charge >= 0.3 is 0 Å². The number of allylic oxidation sites excluding steroid dienone is 1. The van der Waals surface area contributed by atoms with E-state index in [4.69, 9.17) is 5.73 Å². The quantitative estimate of drug-likeness (QED) is 0.721. The Morgan fingerprint density at radius 2 is 2.29 bits per heavy atom. The molecule has 0 aromatic carbocycles. The lowest BCUT2D eigenvalue weighted by Gasteiger charge is -2.06. The van der Waals surface area contributed by atoms with Crippen molar-refractivity contribution in [2.75, 3.05) is 17.6 Å². The van der Waals surface area contributed by atoms with E-state index in [-0.39, 0.29) is 0 Å². The summed E-state index contributed by atoms with van der Waals surface area (Å²) in [6, 6.07) is 1.91. The predicted molar refractivity (Wildman–Crippen MR) is 61.3 cm³/mol. The smallest absolute Gasteiger partial charge is 0.149 e. The highest BCUT2D eigenvalue weighted by atomic mass is 15.0. The van der Waals surface area contributed by atoms with Crippen molar-refractivity contribution in [3.63, 3.8) is 0 Å². The molecule has 0 aliphatic carbocycles. The van der Waals surface area contributed by atoms with Crippen molar-refractivity contribution in [1.82, 2.24) is 4.98 Å². The minimum atomic E-state index is 0.701. The average molecular weight is 191 g/mol. The van der Waals surface area contributed by atoms with Gasteiger partial charge in [-0.25, -0.2) is 4.98 Å². The van der Waals surface area contributed by atoms with Crippen LogP contribution in [0, 0.1) is 6.92 Å². The Morgan fingerprint density at radius 1 is 1.57 bits per heavy atom. The molecule has 0 saturated heterocycles. The van der Waals surface area contributed by atoms with Gasteiger partial charge in [0.15, 0.2) is 0 Å². The summed E-state index contributed by atoms with van der Waals surface area (Å²) < 4.78 is 0. The molecular formula is C11H17N3. The van der Waals surface area contributed by atoms with Crippen molar-refractivity contribution in [2.45, 2.75) is 20.8 Å². The third-order valence-electron chi connectivity index (χ3n) is 1.83. The molecule has 0 atom stereocenters. The van der Waals surface area contributed by atoms with Crippen LogP contribution in [-0.2, 0) is 0 Å². The number of hydrogen-bond acceptors (Lipinski definition) is 3. The SMILES string of the molecule is CC(C)=CCNc1ncc(C)cc1N. The summed E-state index contributed by atoms with van der Waals surface area (Å²) in [4.78, 5) is 4.21. The van der Waals surface area contributed by atoms with Gasteiger partial charge in [-0.2, -0.15) is 0 Å². The maximum absolute atomic E-state index is 5.79. The zero-order chi connectivity index (χ0) is 10.6. The number of nitrogens with two attached hydrogens (primary N) is 1. The fraction of sp³-hybridized carbons (Fsp3) is 0.364. The highest BCUT2D eigenvalue weighted by Gasteiger charge is 1.98. The second-order valence-electron chi connectivity index (χ2n) is 3.61. The molecule has 1 aromatic heterocycles. The summed E-state index contributed by atoms with van der Waals surface area (Å²) in [5.74, 6) is 0.758. The van der Waals surface area contributed by atoms with Crippen LogP contribution in [0.2, 0.25) is 0 Å². The molecule has 0 aliphatic rings. The Hall–Kier alpha value is -1.51. The largest absolute Gasteiger partial charge is 0.396 e. The standard InChI is InChI=1S/C11H17N3/c1-8(2)4-5-13-11-10(12)6-9(3)7-14-11/h4,6-7H,5,12H2,1-3H3,(H,13,14). The molecule has 0 spiro atoms. The van der Waals surface area contributed by atoms with Crippen molar-refractivity contribution in [3.05, 3.63) is 29.5 Å². The summed E-state index contributed by atoms with van der Waals surface area (Å²) in [6.45, 7) is 6.87. The minimum absolute atomic E-state index is 0.701. The molecule has 0 aliphatic heterocycles. The number of rotatable bonds is 3. The van der Waals surface area contributed by atoms with Gasteiger partial charge in [0.25, 0.3) is 0 Å². The highest BCUT2D eigenvalue weighted by Crippen LogP contribution is 2.15. The number of aromatic nitrogens is 1. The van der Waals surface area contributed by atoms with Crippen LogP contribution in [0.4, 0.5) is 11.5 Å². The van der Waals surface area contributed by atoms with Crippen LogP contribution >= 0.6 is 0 Å². The first-order chi connectivity index (χ1) is 6.59. The fourth-order valence-corrected chi connectivity index (χ4v) is 1.09. The Morgan fingerprint density at radius 3 is 2.86 bits per heavy atom. The van der Waals surface area contributed by atoms with Crippen molar-refractivity contribution < 1.29 is 0 Å². The second-order valence-corrected chi connectivity index (χ2v) is 3.61. The first-order valence-corrected chi connectivity index (χ1v) is 4.69. The van der Waals surface area contributed by atoms with Crippen LogP contribution in [0.5, 0.6) is 0 Å². The predicted octanol–water partition coefficient (Wildman–Crippen LogP) is 2.35. The van der Waals surface area contributed by atoms with Gasteiger partial charge in [0.1, 0.15) is 5.82 Å². The molecule has 0 radical (unpaired) electrons. The van der Waals surface area contributed by atoms with Crippen molar-refractivity contribution in [2.24, 2.45) is 0 Å². The van der Waals surface area contributed by atoms with E-state index in [0.29, 0.717) is 5.69 Å². The van der Waals surface area contributed by atoms with Crippen LogP contribution in [-0.4, -0.2) is 11.5 Å². The Bertz CT molecular complexity index is 338. The Balaban J connectivity index is 2.64. The van der Waals surface area contributed by atoms with E-state index < -0.39 is 0 Å². The molecule has 0 bridgehead atoms. The zero-order valence-corrected chi connectivity index (χ0v) is 8.96. The van der Waals surface area contributed by atoms with E-state index in [1.165, 1.54) is 5.57 Å². The topological polar surface area (TPSA) is 50.9 Å². The number of pyridine rings is 1. The molecule has 0 fully saturated rings. The van der Waals surface area contributed by atoms with Crippen molar-refractivity contribution in [1.29, 1.82) is 0 Å². The molecule has 0 unspecified atom stereocenters. The van der Waals surface area contributed by atoms with Gasteiger partial charge in [-0.05, 0) is 32.4 Å². The van der Waals surface area contributed by atoms with Crippen molar-refractivity contribution >= 4 is 11.5 Å². The second kappa shape index (κ2) is 4.65. The van der Waals surface area contributed by atoms with Gasteiger partial charge in [0.05, 0.1) is 5.69 Å². The van der Waals surface area contributed by atoms with Gasteiger partial charge in [-0.3, -0.25) is 0 Å². The summed E-state index contributed by atoms with van der Waals surface area (Å²) in [5.41, 5.74) is 8.85. The van der Waals surface area contributed by atoms with Crippen LogP contribution in [0.15, 0.2) is 23.9 Å². The molecule has 3 nitrogen and oxygen atoms in total. The number of aryl methyl sites for hydroxylation is 1. The molecule has 1 heterocycles. The molecule has 0 amide bonds. The van der Waals surface area contributed by atoms with Gasteiger partial charge in [-0.15, -0.1) is 0 Å². The van der Waals surface area contributed by atoms with E-state index in [1.54, 1.807) is 6.20 Å². The number of nitrogens with one attached hydrogen (secondary N) is 1.